The fourth-order valence-corrected chi connectivity index (χ4v) is 2.62. The van der Waals surface area contributed by atoms with Crippen molar-refractivity contribution in [2.75, 3.05) is 25.6 Å². The van der Waals surface area contributed by atoms with Crippen molar-refractivity contribution in [1.82, 2.24) is 4.90 Å². The highest BCUT2D eigenvalue weighted by Crippen LogP contribution is 2.15. The van der Waals surface area contributed by atoms with Crippen molar-refractivity contribution < 1.29 is 9.53 Å². The van der Waals surface area contributed by atoms with Gasteiger partial charge < -0.3 is 9.64 Å². The van der Waals surface area contributed by atoms with E-state index in [9.17, 15) is 4.79 Å². The zero-order valence-corrected chi connectivity index (χ0v) is 12.2. The highest BCUT2D eigenvalue weighted by Gasteiger charge is 2.26. The third-order valence-corrected chi connectivity index (χ3v) is 3.93. The van der Waals surface area contributed by atoms with E-state index in [1.165, 1.54) is 5.56 Å². The lowest BCUT2D eigenvalue weighted by molar-refractivity contribution is -0.138. The predicted molar refractivity (Wildman–Crippen MR) is 76.7 cm³/mol. The molecule has 1 atom stereocenters. The number of hydrogen-bond donors (Lipinski definition) is 0. The summed E-state index contributed by atoms with van der Waals surface area (Å²) >= 11 is 5.90. The van der Waals surface area contributed by atoms with Gasteiger partial charge in [-0.15, -0.1) is 11.6 Å². The largest absolute Gasteiger partial charge is 0.377 e. The van der Waals surface area contributed by atoms with E-state index in [4.69, 9.17) is 16.3 Å². The Labute approximate surface area is 119 Å². The number of aryl methyl sites for hydroxylation is 2. The number of morpholine rings is 1. The van der Waals surface area contributed by atoms with Crippen LogP contribution in [0.5, 0.6) is 0 Å². The van der Waals surface area contributed by atoms with E-state index < -0.39 is 0 Å². The minimum Gasteiger partial charge on any atom is -0.377 e. The smallest absolute Gasteiger partial charge is 0.227 e. The van der Waals surface area contributed by atoms with Crippen molar-refractivity contribution in [3.05, 3.63) is 34.9 Å². The first-order valence-electron chi connectivity index (χ1n) is 6.61. The molecule has 4 heteroatoms. The van der Waals surface area contributed by atoms with Gasteiger partial charge in [0.15, 0.2) is 0 Å². The van der Waals surface area contributed by atoms with E-state index in [0.717, 1.165) is 11.1 Å². The van der Waals surface area contributed by atoms with E-state index >= 15 is 0 Å². The maximum Gasteiger partial charge on any atom is 0.227 e. The third kappa shape index (κ3) is 3.48. The zero-order chi connectivity index (χ0) is 13.8. The van der Waals surface area contributed by atoms with Gasteiger partial charge in [0.2, 0.25) is 5.91 Å². The Morgan fingerprint density at radius 3 is 3.00 bits per heavy atom. The van der Waals surface area contributed by atoms with Crippen LogP contribution in [0.25, 0.3) is 0 Å². The van der Waals surface area contributed by atoms with Crippen LogP contribution in [0.1, 0.15) is 16.7 Å². The summed E-state index contributed by atoms with van der Waals surface area (Å²) in [6.45, 7) is 5.87. The van der Waals surface area contributed by atoms with Crippen molar-refractivity contribution in [3.63, 3.8) is 0 Å². The fourth-order valence-electron chi connectivity index (χ4n) is 2.37. The molecule has 1 aromatic carbocycles. The molecule has 0 spiro atoms. The summed E-state index contributed by atoms with van der Waals surface area (Å²) in [6.07, 6.45) is 0.445. The van der Waals surface area contributed by atoms with E-state index in [1.807, 2.05) is 18.7 Å². The van der Waals surface area contributed by atoms with Crippen LogP contribution < -0.4 is 0 Å². The van der Waals surface area contributed by atoms with Gasteiger partial charge in [-0.25, -0.2) is 0 Å². The molecule has 0 bridgehead atoms. The molecule has 0 N–H and O–H groups in total. The van der Waals surface area contributed by atoms with Crippen LogP contribution in [0.2, 0.25) is 0 Å². The summed E-state index contributed by atoms with van der Waals surface area (Å²) in [5.41, 5.74) is 3.45. The van der Waals surface area contributed by atoms with Crippen LogP contribution in [0.15, 0.2) is 18.2 Å². The second-order valence-electron chi connectivity index (χ2n) is 5.08. The summed E-state index contributed by atoms with van der Waals surface area (Å²) in [5.74, 6) is 0.570. The number of halogens is 1. The SMILES string of the molecule is Cc1ccc(C)c(CC(=O)N2CCOCC2CCl)c1. The highest BCUT2D eigenvalue weighted by atomic mass is 35.5. The normalized spacial score (nSPS) is 19.5. The van der Waals surface area contributed by atoms with Gasteiger partial charge in [0.25, 0.3) is 0 Å². The summed E-state index contributed by atoms with van der Waals surface area (Å²) < 4.78 is 5.37. The van der Waals surface area contributed by atoms with Crippen LogP contribution in [0.4, 0.5) is 0 Å². The van der Waals surface area contributed by atoms with Gasteiger partial charge >= 0.3 is 0 Å². The Balaban J connectivity index is 2.09. The van der Waals surface area contributed by atoms with Crippen LogP contribution in [0, 0.1) is 13.8 Å². The Bertz CT molecular complexity index is 461. The number of benzene rings is 1. The molecule has 1 heterocycles. The maximum atomic E-state index is 12.4. The first-order chi connectivity index (χ1) is 9.11. The predicted octanol–water partition coefficient (Wildman–Crippen LogP) is 2.31. The number of amides is 1. The summed E-state index contributed by atoms with van der Waals surface area (Å²) in [4.78, 5) is 14.3. The first-order valence-corrected chi connectivity index (χ1v) is 7.14. The Morgan fingerprint density at radius 1 is 1.47 bits per heavy atom. The molecule has 0 aliphatic carbocycles. The van der Waals surface area contributed by atoms with Crippen molar-refractivity contribution in [2.45, 2.75) is 26.3 Å². The molecule has 1 amide bonds. The maximum absolute atomic E-state index is 12.4. The third-order valence-electron chi connectivity index (χ3n) is 3.57. The number of carbonyl (C=O) groups excluding carboxylic acids is 1. The highest BCUT2D eigenvalue weighted by molar-refractivity contribution is 6.18. The van der Waals surface area contributed by atoms with Gasteiger partial charge in [-0.1, -0.05) is 23.8 Å². The van der Waals surface area contributed by atoms with Gasteiger partial charge in [-0.2, -0.15) is 0 Å². The van der Waals surface area contributed by atoms with E-state index in [0.29, 0.717) is 32.1 Å². The van der Waals surface area contributed by atoms with Crippen molar-refractivity contribution in [1.29, 1.82) is 0 Å². The average molecular weight is 282 g/mol. The van der Waals surface area contributed by atoms with Gasteiger partial charge in [0.1, 0.15) is 0 Å². The van der Waals surface area contributed by atoms with Gasteiger partial charge in [0, 0.05) is 12.4 Å². The molecular weight excluding hydrogens is 262 g/mol. The molecule has 1 aliphatic rings. The topological polar surface area (TPSA) is 29.5 Å². The van der Waals surface area contributed by atoms with Gasteiger partial charge in [0.05, 0.1) is 25.7 Å². The molecule has 2 rings (SSSR count). The lowest BCUT2D eigenvalue weighted by atomic mass is 10.0. The summed E-state index contributed by atoms with van der Waals surface area (Å²) in [5, 5.41) is 0. The molecule has 3 nitrogen and oxygen atoms in total. The van der Waals surface area contributed by atoms with Crippen LogP contribution in [0.3, 0.4) is 0 Å². The molecule has 1 aromatic rings. The van der Waals surface area contributed by atoms with Crippen LogP contribution in [-0.4, -0.2) is 42.5 Å². The molecule has 19 heavy (non-hydrogen) atoms. The number of ether oxygens (including phenoxy) is 1. The standard InChI is InChI=1S/C15H20ClNO2/c1-11-3-4-12(2)13(7-11)8-15(18)17-5-6-19-10-14(17)9-16/h3-4,7,14H,5-6,8-10H2,1-2H3. The molecule has 0 aromatic heterocycles. The Kier molecular flexibility index (Phi) is 4.83. The van der Waals surface area contributed by atoms with Crippen molar-refractivity contribution >= 4 is 17.5 Å². The molecule has 0 saturated carbocycles. The molecule has 1 unspecified atom stereocenters. The number of alkyl halides is 1. The second kappa shape index (κ2) is 6.40. The van der Waals surface area contributed by atoms with Gasteiger partial charge in [-0.3, -0.25) is 4.79 Å². The van der Waals surface area contributed by atoms with Crippen LogP contribution in [-0.2, 0) is 16.0 Å². The van der Waals surface area contributed by atoms with Gasteiger partial charge in [-0.05, 0) is 25.0 Å². The van der Waals surface area contributed by atoms with E-state index in [1.54, 1.807) is 0 Å². The van der Waals surface area contributed by atoms with Crippen molar-refractivity contribution in [3.8, 4) is 0 Å². The lowest BCUT2D eigenvalue weighted by Gasteiger charge is -2.34. The number of carbonyl (C=O) groups is 1. The number of rotatable bonds is 3. The summed E-state index contributed by atoms with van der Waals surface area (Å²) in [7, 11) is 0. The first kappa shape index (κ1) is 14.4. The Morgan fingerprint density at radius 2 is 2.26 bits per heavy atom. The monoisotopic (exact) mass is 281 g/mol. The quantitative estimate of drug-likeness (QED) is 0.796. The molecule has 0 radical (unpaired) electrons. The fraction of sp³-hybridized carbons (Fsp3) is 0.533. The molecule has 1 saturated heterocycles. The number of nitrogens with zero attached hydrogens (tertiary/aromatic N) is 1. The zero-order valence-electron chi connectivity index (χ0n) is 11.5. The molecular formula is C15H20ClNO2. The van der Waals surface area contributed by atoms with Crippen LogP contribution >= 0.6 is 11.6 Å². The minimum absolute atomic E-state index is 0.00744. The number of hydrogen-bond acceptors (Lipinski definition) is 2. The minimum atomic E-state index is 0.00744. The lowest BCUT2D eigenvalue weighted by Crippen LogP contribution is -2.50. The molecule has 104 valence electrons. The molecule has 1 fully saturated rings. The van der Waals surface area contributed by atoms with E-state index in [-0.39, 0.29) is 11.9 Å². The Hall–Kier alpha value is -1.06. The summed E-state index contributed by atoms with van der Waals surface area (Å²) in [6, 6.07) is 6.23. The van der Waals surface area contributed by atoms with E-state index in [2.05, 4.69) is 18.2 Å². The average Bonchev–Trinajstić information content (AvgIpc) is 2.42. The second-order valence-corrected chi connectivity index (χ2v) is 5.39. The molecule has 1 aliphatic heterocycles. The van der Waals surface area contributed by atoms with Crippen molar-refractivity contribution in [2.24, 2.45) is 0 Å².